The number of pyridine rings is 1. The number of nitrogens with zero attached hydrogens (tertiary/aromatic N) is 4. The molecule has 212 valence electrons. The number of methoxy groups -OCH3 is 1. The van der Waals surface area contributed by atoms with E-state index in [0.29, 0.717) is 23.8 Å². The van der Waals surface area contributed by atoms with Crippen LogP contribution >= 0.6 is 0 Å². The van der Waals surface area contributed by atoms with Gasteiger partial charge in [-0.1, -0.05) is 31.4 Å². The fourth-order valence-electron chi connectivity index (χ4n) is 6.99. The number of benzene rings is 1. The van der Waals surface area contributed by atoms with Gasteiger partial charge in [-0.3, -0.25) is 14.5 Å². The van der Waals surface area contributed by atoms with Gasteiger partial charge in [0.05, 0.1) is 25.0 Å². The Bertz CT molecular complexity index is 1300. The third-order valence-corrected chi connectivity index (χ3v) is 9.75. The van der Waals surface area contributed by atoms with E-state index in [9.17, 15) is 4.79 Å². The van der Waals surface area contributed by atoms with Crippen LogP contribution < -0.4 is 9.64 Å². The first-order valence-electron chi connectivity index (χ1n) is 15.6. The molecule has 1 amide bonds. The van der Waals surface area contributed by atoms with Gasteiger partial charge in [0.2, 0.25) is 5.91 Å². The number of ether oxygens (including phenoxy) is 1. The number of anilines is 1. The average Bonchev–Trinajstić information content (AvgIpc) is 3.45. The molecule has 0 unspecified atom stereocenters. The van der Waals surface area contributed by atoms with Crippen LogP contribution in [-0.4, -0.2) is 34.3 Å². The molecule has 0 atom stereocenters. The van der Waals surface area contributed by atoms with Gasteiger partial charge in [0.15, 0.2) is 0 Å². The zero-order valence-electron chi connectivity index (χ0n) is 24.2. The van der Waals surface area contributed by atoms with Crippen molar-refractivity contribution in [2.24, 2.45) is 11.8 Å². The molecule has 0 aliphatic heterocycles. The monoisotopic (exact) mass is 540 g/mol. The zero-order valence-corrected chi connectivity index (χ0v) is 24.2. The standard InChI is InChI=1S/C34H44N4O2/c1-24-33(40-2)19-18-32(36-24)26-16-14-25(15-17-26)22-37(34(39)27-8-4-3-5-9-27)31-13-6-10-28(20-31)29-21-35-38(23-29)30-11-7-12-30/h6,10,13,18-21,23,25-27,30H,3-5,7-9,11-12,14-17,22H2,1-2H3. The van der Waals surface area contributed by atoms with E-state index in [1.54, 1.807) is 7.11 Å². The Morgan fingerprint density at radius 3 is 2.45 bits per heavy atom. The van der Waals surface area contributed by atoms with E-state index >= 15 is 0 Å². The van der Waals surface area contributed by atoms with E-state index in [-0.39, 0.29) is 5.92 Å². The minimum Gasteiger partial charge on any atom is -0.495 e. The normalized spacial score (nSPS) is 22.1. The van der Waals surface area contributed by atoms with Crippen LogP contribution in [0.2, 0.25) is 0 Å². The Morgan fingerprint density at radius 1 is 0.950 bits per heavy atom. The summed E-state index contributed by atoms with van der Waals surface area (Å²) in [7, 11) is 1.70. The summed E-state index contributed by atoms with van der Waals surface area (Å²) in [5.41, 5.74) is 5.47. The lowest BCUT2D eigenvalue weighted by Gasteiger charge is -2.35. The van der Waals surface area contributed by atoms with Crippen molar-refractivity contribution in [2.75, 3.05) is 18.6 Å². The second-order valence-corrected chi connectivity index (χ2v) is 12.4. The summed E-state index contributed by atoms with van der Waals surface area (Å²) >= 11 is 0. The van der Waals surface area contributed by atoms with Crippen LogP contribution in [0.15, 0.2) is 48.8 Å². The molecule has 3 saturated carbocycles. The van der Waals surface area contributed by atoms with Crippen molar-refractivity contribution in [2.45, 2.75) is 95.9 Å². The first kappa shape index (κ1) is 27.0. The molecule has 0 radical (unpaired) electrons. The average molecular weight is 541 g/mol. The Morgan fingerprint density at radius 2 is 1.75 bits per heavy atom. The predicted molar refractivity (Wildman–Crippen MR) is 160 cm³/mol. The molecular formula is C34H44N4O2. The topological polar surface area (TPSA) is 60.2 Å². The lowest BCUT2D eigenvalue weighted by atomic mass is 9.79. The third-order valence-electron chi connectivity index (χ3n) is 9.75. The highest BCUT2D eigenvalue weighted by Crippen LogP contribution is 2.38. The molecule has 1 aromatic carbocycles. The molecular weight excluding hydrogens is 496 g/mol. The molecule has 0 N–H and O–H groups in total. The molecule has 3 aromatic rings. The van der Waals surface area contributed by atoms with E-state index in [2.05, 4.69) is 57.3 Å². The fraction of sp³-hybridized carbons (Fsp3) is 0.559. The quantitative estimate of drug-likeness (QED) is 0.292. The van der Waals surface area contributed by atoms with Gasteiger partial charge in [0, 0.05) is 41.5 Å². The highest BCUT2D eigenvalue weighted by atomic mass is 16.5. The van der Waals surface area contributed by atoms with Crippen molar-refractivity contribution in [3.8, 4) is 16.9 Å². The number of hydrogen-bond acceptors (Lipinski definition) is 4. The van der Waals surface area contributed by atoms with Crippen molar-refractivity contribution in [1.29, 1.82) is 0 Å². The minimum atomic E-state index is 0.154. The summed E-state index contributed by atoms with van der Waals surface area (Å²) < 4.78 is 7.55. The SMILES string of the molecule is COc1ccc(C2CCC(CN(C(=O)C3CCCCC3)c3cccc(-c4cnn(C5CCC5)c4)c3)CC2)nc1C. The van der Waals surface area contributed by atoms with Gasteiger partial charge < -0.3 is 9.64 Å². The number of carbonyl (C=O) groups is 1. The van der Waals surface area contributed by atoms with Crippen LogP contribution in [0.1, 0.15) is 100 Å². The van der Waals surface area contributed by atoms with E-state index in [1.165, 1.54) is 44.2 Å². The van der Waals surface area contributed by atoms with Gasteiger partial charge in [-0.05, 0) is 100 Å². The molecule has 3 aliphatic carbocycles. The maximum atomic E-state index is 14.0. The molecule has 40 heavy (non-hydrogen) atoms. The second-order valence-electron chi connectivity index (χ2n) is 12.4. The molecule has 3 aliphatic rings. The van der Waals surface area contributed by atoms with Crippen LogP contribution in [0.4, 0.5) is 5.69 Å². The van der Waals surface area contributed by atoms with Gasteiger partial charge in [0.1, 0.15) is 5.75 Å². The number of aromatic nitrogens is 3. The van der Waals surface area contributed by atoms with Crippen molar-refractivity contribution in [3.05, 3.63) is 60.2 Å². The maximum absolute atomic E-state index is 14.0. The first-order chi connectivity index (χ1) is 19.6. The third kappa shape index (κ3) is 5.82. The molecule has 6 nitrogen and oxygen atoms in total. The Hall–Kier alpha value is -3.15. The van der Waals surface area contributed by atoms with Crippen molar-refractivity contribution in [3.63, 3.8) is 0 Å². The lowest BCUT2D eigenvalue weighted by molar-refractivity contribution is -0.123. The van der Waals surface area contributed by atoms with E-state index in [1.807, 2.05) is 13.1 Å². The van der Waals surface area contributed by atoms with Gasteiger partial charge in [-0.2, -0.15) is 5.10 Å². The van der Waals surface area contributed by atoms with E-state index in [0.717, 1.165) is 73.3 Å². The largest absolute Gasteiger partial charge is 0.495 e. The molecule has 6 rings (SSSR count). The van der Waals surface area contributed by atoms with Crippen LogP contribution in [0.25, 0.3) is 11.1 Å². The van der Waals surface area contributed by atoms with Gasteiger partial charge in [-0.25, -0.2) is 0 Å². The summed E-state index contributed by atoms with van der Waals surface area (Å²) in [6, 6.07) is 13.4. The zero-order chi connectivity index (χ0) is 27.5. The predicted octanol–water partition coefficient (Wildman–Crippen LogP) is 7.87. The highest BCUT2D eigenvalue weighted by molar-refractivity contribution is 5.95. The molecule has 0 saturated heterocycles. The summed E-state index contributed by atoms with van der Waals surface area (Å²) in [6.07, 6.45) is 18.1. The summed E-state index contributed by atoms with van der Waals surface area (Å²) in [6.45, 7) is 2.83. The number of aryl methyl sites for hydroxylation is 1. The van der Waals surface area contributed by atoms with E-state index < -0.39 is 0 Å². The first-order valence-corrected chi connectivity index (χ1v) is 15.6. The number of rotatable bonds is 8. The summed E-state index contributed by atoms with van der Waals surface area (Å²) in [5, 5.41) is 4.66. The maximum Gasteiger partial charge on any atom is 0.230 e. The molecule has 2 aromatic heterocycles. The lowest BCUT2D eigenvalue weighted by Crippen LogP contribution is -2.41. The second kappa shape index (κ2) is 12.2. The molecule has 3 fully saturated rings. The molecule has 0 bridgehead atoms. The Labute approximate surface area is 239 Å². The Balaban J connectivity index is 1.18. The van der Waals surface area contributed by atoms with Crippen LogP contribution in [0.3, 0.4) is 0 Å². The summed E-state index contributed by atoms with van der Waals surface area (Å²) in [5.74, 6) is 2.33. The molecule has 2 heterocycles. The highest BCUT2D eigenvalue weighted by Gasteiger charge is 2.31. The van der Waals surface area contributed by atoms with Gasteiger partial charge >= 0.3 is 0 Å². The molecule has 6 heteroatoms. The van der Waals surface area contributed by atoms with Crippen LogP contribution in [-0.2, 0) is 4.79 Å². The van der Waals surface area contributed by atoms with Crippen molar-refractivity contribution < 1.29 is 9.53 Å². The number of hydrogen-bond donors (Lipinski definition) is 0. The van der Waals surface area contributed by atoms with Crippen molar-refractivity contribution in [1.82, 2.24) is 14.8 Å². The number of amides is 1. The van der Waals surface area contributed by atoms with Gasteiger partial charge in [-0.15, -0.1) is 0 Å². The summed E-state index contributed by atoms with van der Waals surface area (Å²) in [4.78, 5) is 21.0. The fourth-order valence-corrected chi connectivity index (χ4v) is 6.99. The number of carbonyl (C=O) groups excluding carboxylic acids is 1. The van der Waals surface area contributed by atoms with Gasteiger partial charge in [0.25, 0.3) is 0 Å². The minimum absolute atomic E-state index is 0.154. The Kier molecular flexibility index (Phi) is 8.22. The van der Waals surface area contributed by atoms with Crippen molar-refractivity contribution >= 4 is 11.6 Å². The van der Waals surface area contributed by atoms with E-state index in [4.69, 9.17) is 9.72 Å². The van der Waals surface area contributed by atoms with Crippen LogP contribution in [0, 0.1) is 18.8 Å². The smallest absolute Gasteiger partial charge is 0.230 e. The molecule has 0 spiro atoms. The van der Waals surface area contributed by atoms with Crippen LogP contribution in [0.5, 0.6) is 5.75 Å².